The van der Waals surface area contributed by atoms with E-state index < -0.39 is 5.97 Å². The van der Waals surface area contributed by atoms with Crippen molar-refractivity contribution in [2.75, 3.05) is 26.0 Å². The predicted octanol–water partition coefficient (Wildman–Crippen LogP) is 2.68. The second-order valence-corrected chi connectivity index (χ2v) is 5.38. The van der Waals surface area contributed by atoms with Crippen molar-refractivity contribution in [3.8, 4) is 0 Å². The fraction of sp³-hybridized carbons (Fsp3) is 0.222. The van der Waals surface area contributed by atoms with E-state index >= 15 is 0 Å². The zero-order chi connectivity index (χ0) is 17.5. The number of likely N-dealkylation sites (N-methyl/N-ethyl adjacent to an activating group) is 1. The predicted molar refractivity (Wildman–Crippen MR) is 89.1 cm³/mol. The smallest absolute Gasteiger partial charge is 0.337 e. The number of methoxy groups -OCH3 is 1. The SMILES string of the molecule is COC(=O)c1cccc(NC(=O)CN(C)Cc2ccccc2F)c1. The number of esters is 1. The van der Waals surface area contributed by atoms with Crippen LogP contribution in [0.2, 0.25) is 0 Å². The highest BCUT2D eigenvalue weighted by Crippen LogP contribution is 2.12. The van der Waals surface area contributed by atoms with E-state index in [0.29, 0.717) is 23.4 Å². The van der Waals surface area contributed by atoms with Crippen molar-refractivity contribution in [3.05, 3.63) is 65.5 Å². The van der Waals surface area contributed by atoms with E-state index in [2.05, 4.69) is 10.1 Å². The third-order valence-corrected chi connectivity index (χ3v) is 3.38. The summed E-state index contributed by atoms with van der Waals surface area (Å²) in [6.07, 6.45) is 0. The molecule has 0 heterocycles. The molecule has 0 fully saturated rings. The number of benzene rings is 2. The van der Waals surface area contributed by atoms with Crippen molar-refractivity contribution < 1.29 is 18.7 Å². The Morgan fingerprint density at radius 3 is 2.62 bits per heavy atom. The van der Waals surface area contributed by atoms with Crippen LogP contribution in [0.5, 0.6) is 0 Å². The number of nitrogens with one attached hydrogen (secondary N) is 1. The third kappa shape index (κ3) is 4.89. The molecule has 2 rings (SSSR count). The zero-order valence-electron chi connectivity index (χ0n) is 13.6. The van der Waals surface area contributed by atoms with E-state index in [1.807, 2.05) is 0 Å². The van der Waals surface area contributed by atoms with Gasteiger partial charge in [0.1, 0.15) is 5.82 Å². The molecule has 1 amide bonds. The Kier molecular flexibility index (Phi) is 6.03. The first-order valence-corrected chi connectivity index (χ1v) is 7.40. The lowest BCUT2D eigenvalue weighted by atomic mass is 10.2. The highest BCUT2D eigenvalue weighted by molar-refractivity contribution is 5.95. The maximum Gasteiger partial charge on any atom is 0.337 e. The van der Waals surface area contributed by atoms with Crippen molar-refractivity contribution in [2.24, 2.45) is 0 Å². The Balaban J connectivity index is 1.93. The van der Waals surface area contributed by atoms with Gasteiger partial charge in [-0.2, -0.15) is 0 Å². The van der Waals surface area contributed by atoms with Crippen LogP contribution in [0, 0.1) is 5.82 Å². The topological polar surface area (TPSA) is 58.6 Å². The molecule has 24 heavy (non-hydrogen) atoms. The van der Waals surface area contributed by atoms with Gasteiger partial charge in [-0.1, -0.05) is 24.3 Å². The molecule has 0 atom stereocenters. The molecule has 5 nitrogen and oxygen atoms in total. The number of ether oxygens (including phenoxy) is 1. The Labute approximate surface area is 140 Å². The van der Waals surface area contributed by atoms with Crippen LogP contribution in [0.1, 0.15) is 15.9 Å². The van der Waals surface area contributed by atoms with Gasteiger partial charge in [0.15, 0.2) is 0 Å². The van der Waals surface area contributed by atoms with Gasteiger partial charge in [-0.3, -0.25) is 9.69 Å². The van der Waals surface area contributed by atoms with Crippen LogP contribution in [0.3, 0.4) is 0 Å². The largest absolute Gasteiger partial charge is 0.465 e. The minimum atomic E-state index is -0.470. The lowest BCUT2D eigenvalue weighted by molar-refractivity contribution is -0.117. The quantitative estimate of drug-likeness (QED) is 0.828. The summed E-state index contributed by atoms with van der Waals surface area (Å²) >= 11 is 0. The summed E-state index contributed by atoms with van der Waals surface area (Å²) in [5.74, 6) is -1.02. The van der Waals surface area contributed by atoms with Crippen LogP contribution in [0.15, 0.2) is 48.5 Å². The van der Waals surface area contributed by atoms with E-state index in [1.54, 1.807) is 54.4 Å². The highest BCUT2D eigenvalue weighted by atomic mass is 19.1. The molecule has 0 aliphatic carbocycles. The summed E-state index contributed by atoms with van der Waals surface area (Å²) in [6.45, 7) is 0.416. The summed E-state index contributed by atoms with van der Waals surface area (Å²) in [5, 5.41) is 2.71. The van der Waals surface area contributed by atoms with Crippen molar-refractivity contribution in [2.45, 2.75) is 6.54 Å². The number of amides is 1. The Hall–Kier alpha value is -2.73. The van der Waals surface area contributed by atoms with Gasteiger partial charge in [0, 0.05) is 17.8 Å². The summed E-state index contributed by atoms with van der Waals surface area (Å²) < 4.78 is 18.3. The van der Waals surface area contributed by atoms with Gasteiger partial charge in [-0.05, 0) is 31.3 Å². The molecule has 0 aromatic heterocycles. The monoisotopic (exact) mass is 330 g/mol. The number of hydrogen-bond donors (Lipinski definition) is 1. The van der Waals surface area contributed by atoms with E-state index in [4.69, 9.17) is 0 Å². The highest BCUT2D eigenvalue weighted by Gasteiger charge is 2.11. The number of rotatable bonds is 6. The summed E-state index contributed by atoms with van der Waals surface area (Å²) in [5.41, 5.74) is 1.39. The van der Waals surface area contributed by atoms with Crippen LogP contribution < -0.4 is 5.32 Å². The number of hydrogen-bond acceptors (Lipinski definition) is 4. The Morgan fingerprint density at radius 1 is 1.17 bits per heavy atom. The van der Waals surface area contributed by atoms with E-state index in [9.17, 15) is 14.0 Å². The van der Waals surface area contributed by atoms with Crippen molar-refractivity contribution in [1.29, 1.82) is 0 Å². The molecule has 0 unspecified atom stereocenters. The van der Waals surface area contributed by atoms with Gasteiger partial charge in [-0.25, -0.2) is 9.18 Å². The minimum Gasteiger partial charge on any atom is -0.465 e. The van der Waals surface area contributed by atoms with Gasteiger partial charge < -0.3 is 10.1 Å². The van der Waals surface area contributed by atoms with Crippen LogP contribution >= 0.6 is 0 Å². The molecule has 0 spiro atoms. The van der Waals surface area contributed by atoms with Crippen molar-refractivity contribution in [1.82, 2.24) is 4.90 Å². The molecule has 2 aromatic carbocycles. The van der Waals surface area contributed by atoms with Crippen molar-refractivity contribution in [3.63, 3.8) is 0 Å². The molecule has 2 aromatic rings. The van der Waals surface area contributed by atoms with Gasteiger partial charge >= 0.3 is 5.97 Å². The maximum atomic E-state index is 13.6. The molecule has 0 saturated carbocycles. The van der Waals surface area contributed by atoms with Gasteiger partial charge in [0.25, 0.3) is 0 Å². The molecule has 0 radical (unpaired) electrons. The molecule has 6 heteroatoms. The second-order valence-electron chi connectivity index (χ2n) is 5.38. The van der Waals surface area contributed by atoms with Crippen LogP contribution in [0.25, 0.3) is 0 Å². The fourth-order valence-corrected chi connectivity index (χ4v) is 2.26. The van der Waals surface area contributed by atoms with E-state index in [0.717, 1.165) is 0 Å². The Bertz CT molecular complexity index is 734. The van der Waals surface area contributed by atoms with E-state index in [-0.39, 0.29) is 18.3 Å². The average Bonchev–Trinajstić information content (AvgIpc) is 2.56. The third-order valence-electron chi connectivity index (χ3n) is 3.38. The summed E-state index contributed by atoms with van der Waals surface area (Å²) in [6, 6.07) is 12.9. The van der Waals surface area contributed by atoms with Gasteiger partial charge in [0.05, 0.1) is 19.2 Å². The number of carbonyl (C=O) groups is 2. The molecule has 0 aliphatic heterocycles. The molecule has 0 bridgehead atoms. The lowest BCUT2D eigenvalue weighted by Crippen LogP contribution is -2.30. The molecular weight excluding hydrogens is 311 g/mol. The second kappa shape index (κ2) is 8.21. The first kappa shape index (κ1) is 17.6. The Morgan fingerprint density at radius 2 is 1.92 bits per heavy atom. The summed E-state index contributed by atoms with van der Waals surface area (Å²) in [7, 11) is 3.03. The molecule has 1 N–H and O–H groups in total. The van der Waals surface area contributed by atoms with Crippen LogP contribution in [-0.2, 0) is 16.1 Å². The maximum absolute atomic E-state index is 13.6. The average molecular weight is 330 g/mol. The number of anilines is 1. The van der Waals surface area contributed by atoms with Gasteiger partial charge in [-0.15, -0.1) is 0 Å². The molecular formula is C18H19FN2O3. The minimum absolute atomic E-state index is 0.0940. The molecule has 0 aliphatic rings. The van der Waals surface area contributed by atoms with Crippen LogP contribution in [0.4, 0.5) is 10.1 Å². The fourth-order valence-electron chi connectivity index (χ4n) is 2.26. The molecule has 126 valence electrons. The normalized spacial score (nSPS) is 10.5. The number of carbonyl (C=O) groups excluding carboxylic acids is 2. The van der Waals surface area contributed by atoms with Crippen LogP contribution in [-0.4, -0.2) is 37.5 Å². The van der Waals surface area contributed by atoms with E-state index in [1.165, 1.54) is 13.2 Å². The number of halogens is 1. The molecule has 0 saturated heterocycles. The standard InChI is InChI=1S/C18H19FN2O3/c1-21(11-14-6-3-4-9-16(14)19)12-17(22)20-15-8-5-7-13(10-15)18(23)24-2/h3-10H,11-12H2,1-2H3,(H,20,22). The number of nitrogens with zero attached hydrogens (tertiary/aromatic N) is 1. The first-order chi connectivity index (χ1) is 11.5. The summed E-state index contributed by atoms with van der Waals surface area (Å²) in [4.78, 5) is 25.3. The lowest BCUT2D eigenvalue weighted by Gasteiger charge is -2.17. The first-order valence-electron chi connectivity index (χ1n) is 7.40. The van der Waals surface area contributed by atoms with Crippen molar-refractivity contribution >= 4 is 17.6 Å². The van der Waals surface area contributed by atoms with Gasteiger partial charge in [0.2, 0.25) is 5.91 Å². The zero-order valence-corrected chi connectivity index (χ0v) is 13.6.